The van der Waals surface area contributed by atoms with Crippen LogP contribution in [0.4, 0.5) is 0 Å². The second-order valence-electron chi connectivity index (χ2n) is 5.33. The van der Waals surface area contributed by atoms with Gasteiger partial charge in [0.15, 0.2) is 0 Å². The molecule has 2 unspecified atom stereocenters. The van der Waals surface area contributed by atoms with E-state index in [1.807, 2.05) is 31.2 Å². The number of ether oxygens (including phenoxy) is 2. The molecule has 0 bridgehead atoms. The molecular weight excluding hydrogens is 268 g/mol. The molecule has 0 amide bonds. The molecule has 4 nitrogen and oxygen atoms in total. The van der Waals surface area contributed by atoms with Crippen LogP contribution in [-0.4, -0.2) is 23.4 Å². The second-order valence-corrected chi connectivity index (χ2v) is 5.33. The van der Waals surface area contributed by atoms with Crippen LogP contribution in [0.25, 0.3) is 0 Å². The number of aliphatic hydroxyl groups is 1. The Labute approximate surface area is 123 Å². The predicted octanol–water partition coefficient (Wildman–Crippen LogP) is 2.75. The maximum atomic E-state index is 10.3. The lowest BCUT2D eigenvalue weighted by Gasteiger charge is -2.31. The SMILES string of the molecule is COc1ccc2c(c1)OC(c1ccc(O)c(C)c1)C(O)C2. The van der Waals surface area contributed by atoms with Gasteiger partial charge in [-0.1, -0.05) is 12.1 Å². The standard InChI is InChI=1S/C17H18O4/c1-10-7-12(4-6-14(10)18)17-15(19)8-11-3-5-13(20-2)9-16(11)21-17/h3-7,9,15,17-19H,8H2,1-2H3. The molecule has 0 saturated carbocycles. The summed E-state index contributed by atoms with van der Waals surface area (Å²) >= 11 is 0. The van der Waals surface area contributed by atoms with Crippen molar-refractivity contribution in [3.8, 4) is 17.2 Å². The Morgan fingerprint density at radius 1 is 1.19 bits per heavy atom. The van der Waals surface area contributed by atoms with Gasteiger partial charge in [0.1, 0.15) is 23.4 Å². The highest BCUT2D eigenvalue weighted by Gasteiger charge is 2.30. The summed E-state index contributed by atoms with van der Waals surface area (Å²) in [5, 5.41) is 20.0. The molecule has 0 aromatic heterocycles. The van der Waals surface area contributed by atoms with Crippen LogP contribution in [-0.2, 0) is 6.42 Å². The molecule has 2 aromatic rings. The fourth-order valence-corrected chi connectivity index (χ4v) is 2.63. The van der Waals surface area contributed by atoms with Crippen molar-refractivity contribution in [1.82, 2.24) is 0 Å². The highest BCUT2D eigenvalue weighted by atomic mass is 16.5. The number of aromatic hydroxyl groups is 1. The first-order valence-corrected chi connectivity index (χ1v) is 6.89. The summed E-state index contributed by atoms with van der Waals surface area (Å²) in [6.07, 6.45) is -0.525. The molecule has 21 heavy (non-hydrogen) atoms. The molecule has 4 heteroatoms. The van der Waals surface area contributed by atoms with Gasteiger partial charge in [0.25, 0.3) is 0 Å². The number of rotatable bonds is 2. The maximum absolute atomic E-state index is 10.3. The average Bonchev–Trinajstić information content (AvgIpc) is 2.49. The van der Waals surface area contributed by atoms with Crippen LogP contribution in [0, 0.1) is 6.92 Å². The van der Waals surface area contributed by atoms with Crippen molar-refractivity contribution in [3.05, 3.63) is 53.1 Å². The Hall–Kier alpha value is -2.20. The fraction of sp³-hybridized carbons (Fsp3) is 0.294. The molecule has 0 saturated heterocycles. The van der Waals surface area contributed by atoms with Crippen LogP contribution in [0.5, 0.6) is 17.2 Å². The Bertz CT molecular complexity index is 666. The largest absolute Gasteiger partial charge is 0.508 e. The quantitative estimate of drug-likeness (QED) is 0.891. The minimum absolute atomic E-state index is 0.242. The number of phenolic OH excluding ortho intramolecular Hbond substituents is 1. The first kappa shape index (κ1) is 13.8. The van der Waals surface area contributed by atoms with Crippen molar-refractivity contribution in [2.45, 2.75) is 25.6 Å². The van der Waals surface area contributed by atoms with Gasteiger partial charge in [0, 0.05) is 12.5 Å². The second kappa shape index (κ2) is 5.30. The topological polar surface area (TPSA) is 58.9 Å². The van der Waals surface area contributed by atoms with Gasteiger partial charge in [-0.15, -0.1) is 0 Å². The van der Waals surface area contributed by atoms with Gasteiger partial charge in [-0.25, -0.2) is 0 Å². The van der Waals surface area contributed by atoms with Crippen LogP contribution in [0.2, 0.25) is 0 Å². The van der Waals surface area contributed by atoms with Crippen molar-refractivity contribution < 1.29 is 19.7 Å². The fourth-order valence-electron chi connectivity index (χ4n) is 2.63. The van der Waals surface area contributed by atoms with Gasteiger partial charge < -0.3 is 19.7 Å². The number of hydrogen-bond acceptors (Lipinski definition) is 4. The minimum atomic E-state index is -0.616. The normalized spacial score (nSPS) is 20.5. The van der Waals surface area contributed by atoms with E-state index in [-0.39, 0.29) is 5.75 Å². The molecule has 0 spiro atoms. The van der Waals surface area contributed by atoms with E-state index in [2.05, 4.69) is 0 Å². The van der Waals surface area contributed by atoms with Crippen LogP contribution in [0.15, 0.2) is 36.4 Å². The van der Waals surface area contributed by atoms with Crippen molar-refractivity contribution in [1.29, 1.82) is 0 Å². The Kier molecular flexibility index (Phi) is 3.47. The van der Waals surface area contributed by atoms with Crippen LogP contribution in [0.1, 0.15) is 22.8 Å². The van der Waals surface area contributed by atoms with Gasteiger partial charge in [-0.2, -0.15) is 0 Å². The first-order chi connectivity index (χ1) is 10.1. The Morgan fingerprint density at radius 3 is 2.71 bits per heavy atom. The molecule has 1 aliphatic heterocycles. The van der Waals surface area contributed by atoms with Crippen LogP contribution < -0.4 is 9.47 Å². The van der Waals surface area contributed by atoms with Crippen molar-refractivity contribution >= 4 is 0 Å². The lowest BCUT2D eigenvalue weighted by atomic mass is 9.94. The number of phenols is 1. The van der Waals surface area contributed by atoms with Crippen LogP contribution >= 0.6 is 0 Å². The zero-order valence-corrected chi connectivity index (χ0v) is 12.0. The van der Waals surface area contributed by atoms with E-state index >= 15 is 0 Å². The van der Waals surface area contributed by atoms with E-state index in [0.717, 1.165) is 28.2 Å². The van der Waals surface area contributed by atoms with Gasteiger partial charge >= 0.3 is 0 Å². The number of aliphatic hydroxyl groups excluding tert-OH is 1. The molecule has 0 aliphatic carbocycles. The Morgan fingerprint density at radius 2 is 2.00 bits per heavy atom. The number of aryl methyl sites for hydroxylation is 1. The van der Waals surface area contributed by atoms with E-state index in [0.29, 0.717) is 6.42 Å². The zero-order chi connectivity index (χ0) is 15.0. The molecule has 110 valence electrons. The third-order valence-electron chi connectivity index (χ3n) is 3.86. The third kappa shape index (κ3) is 2.54. The van der Waals surface area contributed by atoms with Crippen molar-refractivity contribution in [2.75, 3.05) is 7.11 Å². The number of fused-ring (bicyclic) bond motifs is 1. The predicted molar refractivity (Wildman–Crippen MR) is 78.9 cm³/mol. The lowest BCUT2D eigenvalue weighted by Crippen LogP contribution is -2.30. The van der Waals surface area contributed by atoms with E-state index in [1.54, 1.807) is 19.2 Å². The van der Waals surface area contributed by atoms with E-state index < -0.39 is 12.2 Å². The van der Waals surface area contributed by atoms with Crippen molar-refractivity contribution in [2.24, 2.45) is 0 Å². The molecule has 2 aromatic carbocycles. The first-order valence-electron chi connectivity index (χ1n) is 6.89. The van der Waals surface area contributed by atoms with Crippen LogP contribution in [0.3, 0.4) is 0 Å². The lowest BCUT2D eigenvalue weighted by molar-refractivity contribution is 0.0206. The summed E-state index contributed by atoms with van der Waals surface area (Å²) < 4.78 is 11.2. The maximum Gasteiger partial charge on any atom is 0.150 e. The summed E-state index contributed by atoms with van der Waals surface area (Å²) in [5.74, 6) is 1.70. The summed E-state index contributed by atoms with van der Waals surface area (Å²) in [7, 11) is 1.61. The number of methoxy groups -OCH3 is 1. The van der Waals surface area contributed by atoms with E-state index in [1.165, 1.54) is 0 Å². The smallest absolute Gasteiger partial charge is 0.150 e. The van der Waals surface area contributed by atoms with E-state index in [9.17, 15) is 10.2 Å². The summed E-state index contributed by atoms with van der Waals surface area (Å²) in [4.78, 5) is 0. The monoisotopic (exact) mass is 286 g/mol. The molecule has 3 rings (SSSR count). The number of hydrogen-bond donors (Lipinski definition) is 2. The molecule has 2 atom stereocenters. The number of benzene rings is 2. The van der Waals surface area contributed by atoms with Gasteiger partial charge in [0.2, 0.25) is 0 Å². The molecule has 1 heterocycles. The van der Waals surface area contributed by atoms with E-state index in [4.69, 9.17) is 9.47 Å². The Balaban J connectivity index is 1.95. The molecule has 0 radical (unpaired) electrons. The van der Waals surface area contributed by atoms with Crippen molar-refractivity contribution in [3.63, 3.8) is 0 Å². The molecule has 0 fully saturated rings. The highest BCUT2D eigenvalue weighted by Crippen LogP contribution is 2.37. The summed E-state index contributed by atoms with van der Waals surface area (Å²) in [6, 6.07) is 10.9. The molecular formula is C17H18O4. The zero-order valence-electron chi connectivity index (χ0n) is 12.0. The molecule has 1 aliphatic rings. The summed E-state index contributed by atoms with van der Waals surface area (Å²) in [6.45, 7) is 1.82. The average molecular weight is 286 g/mol. The van der Waals surface area contributed by atoms with Gasteiger partial charge in [-0.05, 0) is 41.8 Å². The summed E-state index contributed by atoms with van der Waals surface area (Å²) in [5.41, 5.74) is 2.58. The third-order valence-corrected chi connectivity index (χ3v) is 3.86. The van der Waals surface area contributed by atoms with Gasteiger partial charge in [0.05, 0.1) is 13.2 Å². The highest BCUT2D eigenvalue weighted by molar-refractivity contribution is 5.44. The minimum Gasteiger partial charge on any atom is -0.508 e. The van der Waals surface area contributed by atoms with Gasteiger partial charge in [-0.3, -0.25) is 0 Å². The molecule has 2 N–H and O–H groups in total.